The fourth-order valence-electron chi connectivity index (χ4n) is 4.59. The molecule has 0 spiro atoms. The molecule has 1 atom stereocenters. The predicted molar refractivity (Wildman–Crippen MR) is 173 cm³/mol. The Balaban J connectivity index is 3.41. The summed E-state index contributed by atoms with van der Waals surface area (Å²) in [4.78, 5) is 67.5. The zero-order chi connectivity index (χ0) is 34.1. The number of ether oxygens (including phenoxy) is 2. The van der Waals surface area contributed by atoms with Crippen LogP contribution in [0.1, 0.15) is 128 Å². The Labute approximate surface area is 274 Å². The van der Waals surface area contributed by atoms with Gasteiger partial charge in [-0.1, -0.05) is 64.2 Å². The molecule has 1 radical (unpaired) electrons. The summed E-state index contributed by atoms with van der Waals surface area (Å²) < 4.78 is 11.0. The third-order valence-electron chi connectivity index (χ3n) is 7.24. The molecule has 0 fully saturated rings. The number of nitrogens with one attached hydrogen (secondary N) is 3. The minimum absolute atomic E-state index is 0.0495. The van der Waals surface area contributed by atoms with E-state index in [0.29, 0.717) is 52.4 Å². The van der Waals surface area contributed by atoms with Gasteiger partial charge in [-0.25, -0.2) is 4.79 Å². The molecule has 13 heteroatoms. The van der Waals surface area contributed by atoms with Crippen molar-refractivity contribution in [2.24, 2.45) is 0 Å². The maximum atomic E-state index is 12.0. The van der Waals surface area contributed by atoms with Crippen molar-refractivity contribution in [1.29, 1.82) is 0 Å². The van der Waals surface area contributed by atoms with Crippen molar-refractivity contribution < 1.29 is 48.5 Å². The maximum Gasteiger partial charge on any atom is 0.326 e. The number of rotatable bonds is 34. The molecule has 0 unspecified atom stereocenters. The lowest BCUT2D eigenvalue weighted by Crippen LogP contribution is -2.41. The van der Waals surface area contributed by atoms with Crippen LogP contribution in [0.2, 0.25) is 0 Å². The van der Waals surface area contributed by atoms with Gasteiger partial charge in [-0.2, -0.15) is 0 Å². The zero-order valence-electron chi connectivity index (χ0n) is 27.6. The minimum atomic E-state index is -1.24. The second kappa shape index (κ2) is 31.9. The Hall–Kier alpha value is -3.06. The second-order valence-corrected chi connectivity index (χ2v) is 11.4. The van der Waals surface area contributed by atoms with Gasteiger partial charge in [-0.3, -0.25) is 24.0 Å². The van der Waals surface area contributed by atoms with Crippen LogP contribution in [-0.2, 0) is 38.2 Å². The number of carboxylic acids is 2. The molecule has 0 heterocycles. The van der Waals surface area contributed by atoms with Gasteiger partial charge < -0.3 is 35.6 Å². The molecule has 0 aliphatic heterocycles. The van der Waals surface area contributed by atoms with E-state index in [1.165, 1.54) is 38.5 Å². The molecule has 0 aliphatic carbocycles. The smallest absolute Gasteiger partial charge is 0.326 e. The summed E-state index contributed by atoms with van der Waals surface area (Å²) in [5, 5.41) is 25.5. The Morgan fingerprint density at radius 3 is 1.43 bits per heavy atom. The minimum Gasteiger partial charge on any atom is -0.481 e. The van der Waals surface area contributed by atoms with Gasteiger partial charge in [0.25, 0.3) is 0 Å². The monoisotopic (exact) mass is 656 g/mol. The lowest BCUT2D eigenvalue weighted by atomic mass is 10.0. The first kappa shape index (κ1) is 42.9. The van der Waals surface area contributed by atoms with Crippen LogP contribution in [0.15, 0.2) is 0 Å². The predicted octanol–water partition coefficient (Wildman–Crippen LogP) is 3.82. The SMILES string of the molecule is O=[C]CC[C@H](NC(=O)CCC(=O)NCCCOCCOCCCNC(=O)CCCCCCCCCCCCCCC(=O)O)C(=O)O. The number of hydrogen-bond donors (Lipinski definition) is 5. The largest absolute Gasteiger partial charge is 0.481 e. The van der Waals surface area contributed by atoms with Crippen molar-refractivity contribution >= 4 is 35.9 Å². The summed E-state index contributed by atoms with van der Waals surface area (Å²) in [6, 6.07) is -1.18. The topological polar surface area (TPSA) is 197 Å². The number of hydrogen-bond acceptors (Lipinski definition) is 8. The summed E-state index contributed by atoms with van der Waals surface area (Å²) in [6.07, 6.45) is 16.8. The highest BCUT2D eigenvalue weighted by Crippen LogP contribution is 2.13. The first-order chi connectivity index (χ1) is 22.3. The molecule has 0 rings (SSSR count). The molecular formula is C33H58N3O10. The van der Waals surface area contributed by atoms with E-state index in [-0.39, 0.29) is 43.9 Å². The molecule has 46 heavy (non-hydrogen) atoms. The number of unbranched alkanes of at least 4 members (excludes halogenated alkanes) is 11. The Bertz CT molecular complexity index is 841. The number of aliphatic carboxylic acids is 2. The zero-order valence-corrected chi connectivity index (χ0v) is 27.6. The van der Waals surface area contributed by atoms with Crippen LogP contribution in [0.5, 0.6) is 0 Å². The Kier molecular flexibility index (Phi) is 29.8. The van der Waals surface area contributed by atoms with E-state index in [4.69, 9.17) is 19.7 Å². The van der Waals surface area contributed by atoms with Gasteiger partial charge in [-0.05, 0) is 32.1 Å². The lowest BCUT2D eigenvalue weighted by Gasteiger charge is -2.13. The third kappa shape index (κ3) is 30.9. The molecule has 0 aromatic carbocycles. The van der Waals surface area contributed by atoms with Crippen molar-refractivity contribution in [3.05, 3.63) is 0 Å². The van der Waals surface area contributed by atoms with Crippen molar-refractivity contribution in [3.8, 4) is 0 Å². The number of carboxylic acid groups (broad SMARTS) is 2. The number of amides is 3. The third-order valence-corrected chi connectivity index (χ3v) is 7.24. The Morgan fingerprint density at radius 1 is 0.543 bits per heavy atom. The molecule has 3 amide bonds. The second-order valence-electron chi connectivity index (χ2n) is 11.4. The highest BCUT2D eigenvalue weighted by Gasteiger charge is 2.19. The fourth-order valence-corrected chi connectivity index (χ4v) is 4.59. The average molecular weight is 657 g/mol. The highest BCUT2D eigenvalue weighted by molar-refractivity contribution is 5.87. The summed E-state index contributed by atoms with van der Waals surface area (Å²) in [6.45, 7) is 2.79. The normalized spacial score (nSPS) is 11.5. The molecule has 0 bridgehead atoms. The van der Waals surface area contributed by atoms with Crippen LogP contribution in [0.3, 0.4) is 0 Å². The average Bonchev–Trinajstić information content (AvgIpc) is 3.02. The molecule has 0 saturated heterocycles. The van der Waals surface area contributed by atoms with Gasteiger partial charge in [0.2, 0.25) is 17.7 Å². The molecule has 0 aromatic heterocycles. The van der Waals surface area contributed by atoms with E-state index in [2.05, 4.69) is 16.0 Å². The molecule has 0 aromatic rings. The number of carbonyl (C=O) groups excluding carboxylic acids is 4. The molecule has 265 valence electrons. The van der Waals surface area contributed by atoms with Gasteiger partial charge in [0, 0.05) is 58.4 Å². The molecule has 0 saturated carbocycles. The van der Waals surface area contributed by atoms with E-state index in [9.17, 15) is 28.8 Å². The summed E-state index contributed by atoms with van der Waals surface area (Å²) in [5.41, 5.74) is 0. The van der Waals surface area contributed by atoms with Crippen LogP contribution < -0.4 is 16.0 Å². The molecule has 0 aliphatic rings. The van der Waals surface area contributed by atoms with E-state index < -0.39 is 23.9 Å². The first-order valence-electron chi connectivity index (χ1n) is 17.0. The highest BCUT2D eigenvalue weighted by atomic mass is 16.5. The summed E-state index contributed by atoms with van der Waals surface area (Å²) in [7, 11) is 0. The fraction of sp³-hybridized carbons (Fsp3) is 0.818. The van der Waals surface area contributed by atoms with Gasteiger partial charge in [-0.15, -0.1) is 0 Å². The number of carbonyl (C=O) groups is 5. The van der Waals surface area contributed by atoms with Crippen molar-refractivity contribution in [1.82, 2.24) is 16.0 Å². The van der Waals surface area contributed by atoms with Crippen LogP contribution in [0.25, 0.3) is 0 Å². The van der Waals surface area contributed by atoms with Crippen LogP contribution in [0, 0.1) is 0 Å². The van der Waals surface area contributed by atoms with E-state index in [1.807, 2.05) is 0 Å². The Morgan fingerprint density at radius 2 is 0.978 bits per heavy atom. The van der Waals surface area contributed by atoms with Crippen LogP contribution in [-0.4, -0.2) is 91.7 Å². The van der Waals surface area contributed by atoms with E-state index >= 15 is 0 Å². The van der Waals surface area contributed by atoms with Gasteiger partial charge in [0.1, 0.15) is 6.04 Å². The van der Waals surface area contributed by atoms with Gasteiger partial charge >= 0.3 is 11.9 Å². The van der Waals surface area contributed by atoms with E-state index in [0.717, 1.165) is 44.9 Å². The van der Waals surface area contributed by atoms with Gasteiger partial charge in [0.15, 0.2) is 6.29 Å². The first-order valence-corrected chi connectivity index (χ1v) is 17.0. The van der Waals surface area contributed by atoms with Crippen molar-refractivity contribution in [2.75, 3.05) is 39.5 Å². The molecule has 13 nitrogen and oxygen atoms in total. The molecular weight excluding hydrogens is 598 g/mol. The van der Waals surface area contributed by atoms with Crippen molar-refractivity contribution in [2.45, 2.75) is 134 Å². The lowest BCUT2D eigenvalue weighted by molar-refractivity contribution is -0.142. The van der Waals surface area contributed by atoms with Crippen LogP contribution >= 0.6 is 0 Å². The van der Waals surface area contributed by atoms with Crippen molar-refractivity contribution in [3.63, 3.8) is 0 Å². The summed E-state index contributed by atoms with van der Waals surface area (Å²) in [5.74, 6) is -2.75. The quantitative estimate of drug-likeness (QED) is 0.0635. The maximum absolute atomic E-state index is 12.0. The summed E-state index contributed by atoms with van der Waals surface area (Å²) >= 11 is 0. The van der Waals surface area contributed by atoms with E-state index in [1.54, 1.807) is 6.29 Å². The van der Waals surface area contributed by atoms with Crippen LogP contribution in [0.4, 0.5) is 0 Å². The van der Waals surface area contributed by atoms with Gasteiger partial charge in [0.05, 0.1) is 13.2 Å². The standard InChI is InChI=1S/C33H58N3O10/c37-23-13-16-28(33(43)44)36-31(40)20-19-30(39)35-22-15-25-46-27-26-45-24-14-21-34-29(38)17-11-9-7-5-3-1-2-4-6-8-10-12-18-32(41)42/h28H,1-22,24-27H2,(H,34,38)(H,35,39)(H,36,40)(H,41,42)(H,43,44)/t28-/m0/s1. The molecule has 5 N–H and O–H groups in total.